The van der Waals surface area contributed by atoms with Crippen molar-refractivity contribution in [3.63, 3.8) is 0 Å². The Bertz CT molecular complexity index is 1000. The number of aryl methyl sites for hydroxylation is 1. The van der Waals surface area contributed by atoms with Crippen LogP contribution in [0.2, 0.25) is 0 Å². The lowest BCUT2D eigenvalue weighted by Crippen LogP contribution is -2.28. The molecular weight excluding hydrogens is 444 g/mol. The number of aromatic nitrogens is 1. The molecule has 1 heterocycles. The minimum absolute atomic E-state index is 0.106. The highest BCUT2D eigenvalue weighted by Crippen LogP contribution is 2.48. The Morgan fingerprint density at radius 2 is 2.09 bits per heavy atom. The second-order valence-corrected chi connectivity index (χ2v) is 10.5. The number of nitrogens with one attached hydrogen (secondary N) is 1. The lowest BCUT2D eigenvalue weighted by Gasteiger charge is -2.32. The van der Waals surface area contributed by atoms with Gasteiger partial charge in [0.25, 0.3) is 5.91 Å². The van der Waals surface area contributed by atoms with Crippen LogP contribution in [0.5, 0.6) is 5.75 Å². The molecule has 4 rings (SSSR count). The highest BCUT2D eigenvalue weighted by Gasteiger charge is 2.44. The van der Waals surface area contributed by atoms with Gasteiger partial charge >= 0.3 is 0 Å². The summed E-state index contributed by atoms with van der Waals surface area (Å²) >= 11 is 0. The van der Waals surface area contributed by atoms with Crippen LogP contribution in [-0.2, 0) is 17.6 Å². The average molecular weight is 485 g/mol. The van der Waals surface area contributed by atoms with E-state index in [1.165, 1.54) is 5.56 Å². The van der Waals surface area contributed by atoms with E-state index in [0.717, 1.165) is 80.4 Å². The van der Waals surface area contributed by atoms with Gasteiger partial charge in [0.15, 0.2) is 6.61 Å². The molecule has 7 nitrogen and oxygen atoms in total. The predicted molar refractivity (Wildman–Crippen MR) is 134 cm³/mol. The lowest BCUT2D eigenvalue weighted by atomic mass is 9.73. The maximum Gasteiger partial charge on any atom is 0.264 e. The molecule has 1 saturated carbocycles. The molecule has 0 spiro atoms. The van der Waals surface area contributed by atoms with Crippen LogP contribution in [-0.4, -0.2) is 40.1 Å². The Hall–Kier alpha value is -2.38. The molecule has 2 aromatic rings. The van der Waals surface area contributed by atoms with Gasteiger partial charge in [-0.3, -0.25) is 10.1 Å². The van der Waals surface area contributed by atoms with E-state index in [0.29, 0.717) is 17.7 Å². The second-order valence-electron chi connectivity index (χ2n) is 10.5. The number of ether oxygens (including phenoxy) is 1. The molecule has 1 aromatic heterocycles. The molecule has 3 N–H and O–H groups in total. The van der Waals surface area contributed by atoms with Crippen LogP contribution >= 0.6 is 0 Å². The quantitative estimate of drug-likeness (QED) is 0.398. The molecule has 0 unspecified atom stereocenters. The summed E-state index contributed by atoms with van der Waals surface area (Å²) in [5.74, 6) is 1.87. The van der Waals surface area contributed by atoms with Gasteiger partial charge in [0, 0.05) is 5.56 Å². The SMILES string of the molecule is CCCCC[C@H](O)CC[C@@H]1[C@H]2Cc3cccc(OCC(=O)Nc4onc(C)c4C)c3C[C@H]2C[C@H]1O. The van der Waals surface area contributed by atoms with Gasteiger partial charge in [-0.25, -0.2) is 0 Å². The number of hydrogen-bond acceptors (Lipinski definition) is 6. The highest BCUT2D eigenvalue weighted by atomic mass is 16.5. The molecular formula is C28H40N2O5. The lowest BCUT2D eigenvalue weighted by molar-refractivity contribution is -0.118. The number of rotatable bonds is 11. The van der Waals surface area contributed by atoms with Crippen molar-refractivity contribution >= 4 is 11.8 Å². The number of hydrogen-bond donors (Lipinski definition) is 3. The fourth-order valence-electron chi connectivity index (χ4n) is 5.94. The minimum atomic E-state index is -0.314. The summed E-state index contributed by atoms with van der Waals surface area (Å²) in [5, 5.41) is 27.8. The summed E-state index contributed by atoms with van der Waals surface area (Å²) in [6.07, 6.45) is 7.87. The van der Waals surface area contributed by atoms with Crippen molar-refractivity contribution in [1.82, 2.24) is 5.16 Å². The maximum atomic E-state index is 12.4. The molecule has 0 saturated heterocycles. The number of anilines is 1. The van der Waals surface area contributed by atoms with Gasteiger partial charge in [-0.05, 0) is 87.3 Å². The molecule has 0 aliphatic heterocycles. The first-order valence-corrected chi connectivity index (χ1v) is 13.2. The number of carbonyl (C=O) groups excluding carboxylic acids is 1. The van der Waals surface area contributed by atoms with Gasteiger partial charge in [0.2, 0.25) is 5.88 Å². The van der Waals surface area contributed by atoms with Crippen molar-refractivity contribution < 1.29 is 24.3 Å². The molecule has 1 fully saturated rings. The first-order chi connectivity index (χ1) is 16.9. The summed E-state index contributed by atoms with van der Waals surface area (Å²) in [7, 11) is 0. The number of fused-ring (bicyclic) bond motifs is 2. The van der Waals surface area contributed by atoms with Gasteiger partial charge in [-0.2, -0.15) is 0 Å². The van der Waals surface area contributed by atoms with Crippen molar-refractivity contribution in [2.45, 2.75) is 90.8 Å². The molecule has 1 amide bonds. The largest absolute Gasteiger partial charge is 0.483 e. The molecule has 35 heavy (non-hydrogen) atoms. The van der Waals surface area contributed by atoms with Crippen molar-refractivity contribution in [3.8, 4) is 5.75 Å². The number of amides is 1. The molecule has 2 aliphatic rings. The molecule has 7 heteroatoms. The fourth-order valence-corrected chi connectivity index (χ4v) is 5.94. The first kappa shape index (κ1) is 25.7. The Morgan fingerprint density at radius 1 is 1.26 bits per heavy atom. The average Bonchev–Trinajstić information content (AvgIpc) is 3.32. The highest BCUT2D eigenvalue weighted by molar-refractivity contribution is 5.91. The number of aliphatic hydroxyl groups excluding tert-OH is 2. The predicted octanol–water partition coefficient (Wildman–Crippen LogP) is 4.74. The third-order valence-corrected chi connectivity index (χ3v) is 8.09. The van der Waals surface area contributed by atoms with Crippen LogP contribution in [0.15, 0.2) is 22.7 Å². The van der Waals surface area contributed by atoms with E-state index in [2.05, 4.69) is 23.5 Å². The number of benzene rings is 1. The third kappa shape index (κ3) is 6.07. The summed E-state index contributed by atoms with van der Waals surface area (Å²) in [6.45, 7) is 5.75. The molecule has 1 aromatic carbocycles. The van der Waals surface area contributed by atoms with E-state index in [-0.39, 0.29) is 30.6 Å². The van der Waals surface area contributed by atoms with Gasteiger partial charge in [0.05, 0.1) is 17.9 Å². The Balaban J connectivity index is 1.35. The zero-order valence-electron chi connectivity index (χ0n) is 21.3. The van der Waals surface area contributed by atoms with E-state index >= 15 is 0 Å². The normalized spacial score (nSPS) is 24.0. The molecule has 192 valence electrons. The van der Waals surface area contributed by atoms with Crippen molar-refractivity contribution in [2.75, 3.05) is 11.9 Å². The number of aliphatic hydroxyl groups is 2. The zero-order valence-corrected chi connectivity index (χ0v) is 21.3. The Kier molecular flexibility index (Phi) is 8.50. The van der Waals surface area contributed by atoms with Crippen LogP contribution in [0.25, 0.3) is 0 Å². The van der Waals surface area contributed by atoms with Gasteiger partial charge < -0.3 is 19.5 Å². The summed E-state index contributed by atoms with van der Waals surface area (Å²) < 4.78 is 11.1. The summed E-state index contributed by atoms with van der Waals surface area (Å²) in [4.78, 5) is 12.4. The monoisotopic (exact) mass is 484 g/mol. The smallest absolute Gasteiger partial charge is 0.264 e. The van der Waals surface area contributed by atoms with Crippen molar-refractivity contribution in [1.29, 1.82) is 0 Å². The van der Waals surface area contributed by atoms with Crippen LogP contribution in [0.3, 0.4) is 0 Å². The number of unbranched alkanes of at least 4 members (excludes halogenated alkanes) is 2. The standard InChI is InChI=1S/C28H40N2O5/c1-4-5-6-9-21(31)11-12-22-23-13-19-8-7-10-26(24(19)14-20(23)15-25(22)32)34-16-27(33)29-28-17(2)18(3)30-35-28/h7-8,10,20-23,25,31-32H,4-6,9,11-16H2,1-3H3,(H,29,33)/t20-,21-,22+,23-,25+/m0/s1. The fraction of sp³-hybridized carbons (Fsp3) is 0.643. The topological polar surface area (TPSA) is 105 Å². The number of carbonyl (C=O) groups is 1. The zero-order chi connectivity index (χ0) is 24.9. The van der Waals surface area contributed by atoms with Crippen LogP contribution in [0, 0.1) is 31.6 Å². The second kappa shape index (κ2) is 11.6. The Morgan fingerprint density at radius 3 is 2.83 bits per heavy atom. The maximum absolute atomic E-state index is 12.4. The third-order valence-electron chi connectivity index (χ3n) is 8.09. The van der Waals surface area contributed by atoms with Crippen LogP contribution in [0.4, 0.5) is 5.88 Å². The molecule has 5 atom stereocenters. The van der Waals surface area contributed by atoms with E-state index in [9.17, 15) is 15.0 Å². The van der Waals surface area contributed by atoms with Gasteiger partial charge in [-0.1, -0.05) is 43.5 Å². The molecule has 0 bridgehead atoms. The van der Waals surface area contributed by atoms with E-state index in [4.69, 9.17) is 9.26 Å². The summed E-state index contributed by atoms with van der Waals surface area (Å²) in [5.41, 5.74) is 3.95. The minimum Gasteiger partial charge on any atom is -0.483 e. The van der Waals surface area contributed by atoms with Crippen molar-refractivity contribution in [3.05, 3.63) is 40.6 Å². The molecule has 2 aliphatic carbocycles. The van der Waals surface area contributed by atoms with E-state index < -0.39 is 0 Å². The van der Waals surface area contributed by atoms with E-state index in [1.807, 2.05) is 26.0 Å². The van der Waals surface area contributed by atoms with Crippen LogP contribution < -0.4 is 10.1 Å². The van der Waals surface area contributed by atoms with Gasteiger partial charge in [0.1, 0.15) is 5.75 Å². The van der Waals surface area contributed by atoms with Crippen molar-refractivity contribution in [2.24, 2.45) is 17.8 Å². The van der Waals surface area contributed by atoms with E-state index in [1.54, 1.807) is 0 Å². The first-order valence-electron chi connectivity index (χ1n) is 13.2. The summed E-state index contributed by atoms with van der Waals surface area (Å²) in [6, 6.07) is 6.04. The Labute approximate surface area is 208 Å². The number of nitrogens with zero attached hydrogens (tertiary/aromatic N) is 1. The van der Waals surface area contributed by atoms with Crippen LogP contribution in [0.1, 0.15) is 74.3 Å². The molecule has 0 radical (unpaired) electrons. The van der Waals surface area contributed by atoms with Gasteiger partial charge in [-0.15, -0.1) is 0 Å².